The summed E-state index contributed by atoms with van der Waals surface area (Å²) in [5.41, 5.74) is 2.85. The van der Waals surface area contributed by atoms with E-state index in [2.05, 4.69) is 12.7 Å². The van der Waals surface area contributed by atoms with Crippen LogP contribution in [-0.2, 0) is 0 Å². The Kier molecular flexibility index (Phi) is 8.35. The molecule has 3 unspecified atom stereocenters. The van der Waals surface area contributed by atoms with E-state index < -0.39 is 24.0 Å². The van der Waals surface area contributed by atoms with Gasteiger partial charge in [-0.1, -0.05) is 73.5 Å². The van der Waals surface area contributed by atoms with E-state index in [1.54, 1.807) is 36.4 Å². The van der Waals surface area contributed by atoms with Crippen LogP contribution in [0, 0.1) is 29.4 Å². The quantitative estimate of drug-likeness (QED) is 0.252. The van der Waals surface area contributed by atoms with Gasteiger partial charge in [0.1, 0.15) is 0 Å². The number of rotatable bonds is 7. The number of hydrogen-bond acceptors (Lipinski definition) is 0. The highest BCUT2D eigenvalue weighted by Gasteiger charge is 2.35. The van der Waals surface area contributed by atoms with Crippen LogP contribution in [0.5, 0.6) is 0 Å². The summed E-state index contributed by atoms with van der Waals surface area (Å²) in [5.74, 6) is 0.391. The molecule has 0 nitrogen and oxygen atoms in total. The highest BCUT2D eigenvalue weighted by molar-refractivity contribution is 5.76. The number of benzene rings is 2. The lowest BCUT2D eigenvalue weighted by Crippen LogP contribution is -2.27. The minimum Gasteiger partial charge on any atom is -0.239 e. The number of hydrogen-bond donors (Lipinski definition) is 0. The van der Waals surface area contributed by atoms with Gasteiger partial charge in [-0.2, -0.15) is 0 Å². The average Bonchev–Trinajstić information content (AvgIpc) is 2.95. The molecular formula is C34H36F4. The standard InChI is InChI=1S/C34H36F4/c1-2-3-5-22-8-10-23(11-9-22)24-12-14-26(15-13-24)29-20-21-30(34(38)33(29)37)27-18-16-25(17-19-27)28-6-4-7-31(35)32(28)36/h2,4,6-7,14,16-24,33-34H,1,3,5,8-13,15H2. The minimum absolute atomic E-state index is 0.139. The lowest BCUT2D eigenvalue weighted by molar-refractivity contribution is 0.187. The number of alkyl halides is 2. The Hall–Kier alpha value is -2.88. The zero-order valence-electron chi connectivity index (χ0n) is 21.8. The van der Waals surface area contributed by atoms with E-state index >= 15 is 8.78 Å². The van der Waals surface area contributed by atoms with Gasteiger partial charge in [0, 0.05) is 5.56 Å². The van der Waals surface area contributed by atoms with E-state index in [0.29, 0.717) is 22.6 Å². The van der Waals surface area contributed by atoms with Crippen molar-refractivity contribution in [3.8, 4) is 11.1 Å². The Morgan fingerprint density at radius 3 is 2.16 bits per heavy atom. The molecule has 2 aromatic carbocycles. The van der Waals surface area contributed by atoms with Crippen molar-refractivity contribution in [1.29, 1.82) is 0 Å². The normalized spacial score (nSPS) is 27.8. The molecule has 38 heavy (non-hydrogen) atoms. The van der Waals surface area contributed by atoms with E-state index in [0.717, 1.165) is 49.2 Å². The van der Waals surface area contributed by atoms with E-state index in [1.165, 1.54) is 44.2 Å². The molecule has 0 bridgehead atoms. The maximum absolute atomic E-state index is 15.4. The average molecular weight is 521 g/mol. The summed E-state index contributed by atoms with van der Waals surface area (Å²) < 4.78 is 58.5. The van der Waals surface area contributed by atoms with Crippen LogP contribution < -0.4 is 0 Å². The van der Waals surface area contributed by atoms with E-state index in [4.69, 9.17) is 0 Å². The molecule has 1 fully saturated rings. The van der Waals surface area contributed by atoms with Crippen molar-refractivity contribution in [2.45, 2.75) is 70.1 Å². The number of allylic oxidation sites excluding steroid dienone is 7. The van der Waals surface area contributed by atoms with Gasteiger partial charge in [-0.15, -0.1) is 6.58 Å². The molecular weight excluding hydrogens is 484 g/mol. The Bertz CT molecular complexity index is 1230. The second kappa shape index (κ2) is 11.9. The van der Waals surface area contributed by atoms with Gasteiger partial charge in [0.25, 0.3) is 0 Å². The van der Waals surface area contributed by atoms with Gasteiger partial charge in [-0.25, -0.2) is 17.6 Å². The molecule has 0 heterocycles. The molecule has 0 radical (unpaired) electrons. The van der Waals surface area contributed by atoms with Crippen molar-refractivity contribution in [2.75, 3.05) is 0 Å². The van der Waals surface area contributed by atoms with E-state index in [1.807, 2.05) is 6.08 Å². The van der Waals surface area contributed by atoms with E-state index in [9.17, 15) is 8.78 Å². The molecule has 3 atom stereocenters. The predicted octanol–water partition coefficient (Wildman–Crippen LogP) is 10.1. The van der Waals surface area contributed by atoms with Gasteiger partial charge < -0.3 is 0 Å². The SMILES string of the molecule is C=CCCC1CCC(C2CC=C(C3=CC=C(c4ccc(-c5cccc(F)c5F)cc4)C(F)C3F)CC2)CC1. The molecule has 0 N–H and O–H groups in total. The van der Waals surface area contributed by atoms with Crippen LogP contribution in [0.4, 0.5) is 17.6 Å². The first-order valence-electron chi connectivity index (χ1n) is 14.0. The molecule has 1 saturated carbocycles. The van der Waals surface area contributed by atoms with Crippen molar-refractivity contribution in [1.82, 2.24) is 0 Å². The van der Waals surface area contributed by atoms with Crippen LogP contribution in [0.3, 0.4) is 0 Å². The minimum atomic E-state index is -1.77. The molecule has 0 aliphatic heterocycles. The third-order valence-corrected chi connectivity index (χ3v) is 8.93. The summed E-state index contributed by atoms with van der Waals surface area (Å²) in [7, 11) is 0. The van der Waals surface area contributed by atoms with Crippen LogP contribution in [0.25, 0.3) is 16.7 Å². The van der Waals surface area contributed by atoms with Crippen molar-refractivity contribution in [2.24, 2.45) is 17.8 Å². The fourth-order valence-corrected chi connectivity index (χ4v) is 6.63. The molecule has 0 amide bonds. The Labute approximate surface area is 223 Å². The summed E-state index contributed by atoms with van der Waals surface area (Å²) in [4.78, 5) is 0. The van der Waals surface area contributed by atoms with Gasteiger partial charge in [0.2, 0.25) is 0 Å². The lowest BCUT2D eigenvalue weighted by Gasteiger charge is -2.36. The summed E-state index contributed by atoms with van der Waals surface area (Å²) >= 11 is 0. The molecule has 0 saturated heterocycles. The van der Waals surface area contributed by atoms with Crippen LogP contribution in [0.2, 0.25) is 0 Å². The fraction of sp³-hybridized carbons (Fsp3) is 0.412. The largest absolute Gasteiger partial charge is 0.239 e. The Balaban J connectivity index is 1.25. The van der Waals surface area contributed by atoms with Gasteiger partial charge in [0.15, 0.2) is 24.0 Å². The predicted molar refractivity (Wildman–Crippen MR) is 148 cm³/mol. The smallest absolute Gasteiger partial charge is 0.166 e. The molecule has 3 aliphatic carbocycles. The zero-order chi connectivity index (χ0) is 26.6. The monoisotopic (exact) mass is 520 g/mol. The van der Waals surface area contributed by atoms with Gasteiger partial charge in [0.05, 0.1) is 0 Å². The van der Waals surface area contributed by atoms with Crippen molar-refractivity contribution >= 4 is 5.57 Å². The first-order valence-corrected chi connectivity index (χ1v) is 14.0. The van der Waals surface area contributed by atoms with Gasteiger partial charge in [-0.05, 0) is 96.6 Å². The van der Waals surface area contributed by atoms with Crippen LogP contribution in [0.15, 0.2) is 84.5 Å². The Morgan fingerprint density at radius 2 is 1.47 bits per heavy atom. The van der Waals surface area contributed by atoms with E-state index in [-0.39, 0.29) is 11.1 Å². The summed E-state index contributed by atoms with van der Waals surface area (Å²) in [6.07, 6.45) is 14.4. The summed E-state index contributed by atoms with van der Waals surface area (Å²) in [5, 5.41) is 0. The fourth-order valence-electron chi connectivity index (χ4n) is 6.63. The highest BCUT2D eigenvalue weighted by Crippen LogP contribution is 2.43. The van der Waals surface area contributed by atoms with Gasteiger partial charge >= 0.3 is 0 Å². The van der Waals surface area contributed by atoms with Crippen LogP contribution in [-0.4, -0.2) is 12.3 Å². The zero-order valence-corrected chi connectivity index (χ0v) is 21.8. The van der Waals surface area contributed by atoms with Crippen molar-refractivity contribution in [3.63, 3.8) is 0 Å². The topological polar surface area (TPSA) is 0 Å². The summed E-state index contributed by atoms with van der Waals surface area (Å²) in [6.45, 7) is 3.84. The second-order valence-corrected chi connectivity index (χ2v) is 11.1. The second-order valence-electron chi connectivity index (χ2n) is 11.1. The molecule has 200 valence electrons. The lowest BCUT2D eigenvalue weighted by atomic mass is 9.70. The summed E-state index contributed by atoms with van der Waals surface area (Å²) in [6, 6.07) is 10.5. The van der Waals surface area contributed by atoms with Gasteiger partial charge in [-0.3, -0.25) is 0 Å². The molecule has 4 heteroatoms. The molecule has 0 spiro atoms. The number of halogens is 4. The highest BCUT2D eigenvalue weighted by atomic mass is 19.2. The van der Waals surface area contributed by atoms with Crippen LogP contribution >= 0.6 is 0 Å². The first-order chi connectivity index (χ1) is 18.5. The first kappa shape index (κ1) is 26.7. The van der Waals surface area contributed by atoms with Crippen LogP contribution in [0.1, 0.15) is 63.4 Å². The third kappa shape index (κ3) is 5.60. The van der Waals surface area contributed by atoms with Crippen molar-refractivity contribution in [3.05, 3.63) is 102 Å². The maximum Gasteiger partial charge on any atom is 0.166 e. The van der Waals surface area contributed by atoms with Crippen molar-refractivity contribution < 1.29 is 17.6 Å². The Morgan fingerprint density at radius 1 is 0.789 bits per heavy atom. The molecule has 2 aromatic rings. The molecule has 5 rings (SSSR count). The molecule has 3 aliphatic rings. The molecule has 0 aromatic heterocycles. The maximum atomic E-state index is 15.4. The third-order valence-electron chi connectivity index (χ3n) is 8.93.